The van der Waals surface area contributed by atoms with Crippen LogP contribution < -0.4 is 10.1 Å². The van der Waals surface area contributed by atoms with Crippen LogP contribution in [0.3, 0.4) is 0 Å². The third-order valence-corrected chi connectivity index (χ3v) is 6.87. The molecule has 176 valence electrons. The summed E-state index contributed by atoms with van der Waals surface area (Å²) in [6.07, 6.45) is 3.07. The van der Waals surface area contributed by atoms with Crippen molar-refractivity contribution in [3.05, 3.63) is 63.4 Å². The fourth-order valence-corrected chi connectivity index (χ4v) is 5.18. The van der Waals surface area contributed by atoms with Gasteiger partial charge < -0.3 is 20.1 Å². The van der Waals surface area contributed by atoms with Crippen molar-refractivity contribution in [3.8, 4) is 5.75 Å². The lowest BCUT2D eigenvalue weighted by molar-refractivity contribution is -0.136. The lowest BCUT2D eigenvalue weighted by Gasteiger charge is -2.38. The van der Waals surface area contributed by atoms with Crippen molar-refractivity contribution in [2.45, 2.75) is 63.3 Å². The van der Waals surface area contributed by atoms with E-state index in [1.165, 1.54) is 6.07 Å². The Hall–Kier alpha value is -2.51. The zero-order valence-corrected chi connectivity index (χ0v) is 19.4. The number of carboxylic acids is 1. The van der Waals surface area contributed by atoms with E-state index in [4.69, 9.17) is 33.0 Å². The lowest BCUT2D eigenvalue weighted by atomic mass is 10.00. The number of carbonyl (C=O) groups is 2. The smallest absolute Gasteiger partial charge is 0.318 e. The van der Waals surface area contributed by atoms with Gasteiger partial charge in [0.2, 0.25) is 0 Å². The summed E-state index contributed by atoms with van der Waals surface area (Å²) in [5.74, 6) is -1.25. The summed E-state index contributed by atoms with van der Waals surface area (Å²) in [5, 5.41) is 12.8. The van der Waals surface area contributed by atoms with Crippen LogP contribution in [-0.2, 0) is 17.8 Å². The van der Waals surface area contributed by atoms with Gasteiger partial charge in [0.25, 0.3) is 0 Å². The third kappa shape index (κ3) is 5.71. The number of benzene rings is 2. The normalized spacial score (nSPS) is 21.7. The number of rotatable bonds is 7. The Morgan fingerprint density at radius 3 is 2.48 bits per heavy atom. The molecule has 33 heavy (non-hydrogen) atoms. The van der Waals surface area contributed by atoms with Gasteiger partial charge in [0, 0.05) is 47.9 Å². The van der Waals surface area contributed by atoms with Crippen LogP contribution in [-0.4, -0.2) is 40.2 Å². The number of piperidine rings is 1. The van der Waals surface area contributed by atoms with Crippen molar-refractivity contribution in [1.82, 2.24) is 10.2 Å². The molecule has 3 atom stereocenters. The van der Waals surface area contributed by atoms with Crippen molar-refractivity contribution in [3.63, 3.8) is 0 Å². The summed E-state index contributed by atoms with van der Waals surface area (Å²) in [7, 11) is 0. The highest BCUT2D eigenvalue weighted by atomic mass is 35.5. The maximum absolute atomic E-state index is 14.5. The molecule has 6 nitrogen and oxygen atoms in total. The highest BCUT2D eigenvalue weighted by Crippen LogP contribution is 2.38. The molecule has 2 aliphatic rings. The van der Waals surface area contributed by atoms with E-state index in [0.717, 1.165) is 18.4 Å². The molecule has 4 rings (SSSR count). The highest BCUT2D eigenvalue weighted by Gasteiger charge is 2.44. The number of fused-ring (bicyclic) bond motifs is 2. The van der Waals surface area contributed by atoms with Crippen LogP contribution in [0, 0.1) is 5.82 Å². The molecule has 0 aromatic heterocycles. The van der Waals surface area contributed by atoms with E-state index in [1.807, 2.05) is 4.90 Å². The zero-order valence-electron chi connectivity index (χ0n) is 17.9. The Morgan fingerprint density at radius 2 is 1.85 bits per heavy atom. The molecule has 9 heteroatoms. The van der Waals surface area contributed by atoms with Gasteiger partial charge >= 0.3 is 12.0 Å². The van der Waals surface area contributed by atoms with Gasteiger partial charge in [-0.15, -0.1) is 0 Å². The van der Waals surface area contributed by atoms with Crippen LogP contribution in [0.2, 0.25) is 10.0 Å². The Bertz CT molecular complexity index is 1040. The molecule has 2 aromatic rings. The van der Waals surface area contributed by atoms with E-state index in [-0.39, 0.29) is 42.8 Å². The standard InChI is InChI=1S/C24H25Cl2FN2O4/c25-16-4-3-15(20(26)10-16)13-28-24(32)29-17-5-6-18(29)12-19(11-17)33-22-7-1-14(9-21(22)27)2-8-23(30)31/h1,3-4,7,9-10,17-19H,2,5-6,8,11-13H2,(H,28,32)(H,30,31)/t17-,18+,19+. The number of halogens is 3. The predicted molar refractivity (Wildman–Crippen MR) is 123 cm³/mol. The quantitative estimate of drug-likeness (QED) is 0.537. The lowest BCUT2D eigenvalue weighted by Crippen LogP contribution is -2.52. The summed E-state index contributed by atoms with van der Waals surface area (Å²) < 4.78 is 20.4. The Kier molecular flexibility index (Phi) is 7.29. The predicted octanol–water partition coefficient (Wildman–Crippen LogP) is 5.43. The highest BCUT2D eigenvalue weighted by molar-refractivity contribution is 6.35. The van der Waals surface area contributed by atoms with Gasteiger partial charge in [0.15, 0.2) is 11.6 Å². The molecule has 0 radical (unpaired) electrons. The van der Waals surface area contributed by atoms with Gasteiger partial charge in [-0.25, -0.2) is 9.18 Å². The number of hydrogen-bond donors (Lipinski definition) is 2. The van der Waals surface area contributed by atoms with E-state index in [2.05, 4.69) is 5.32 Å². The van der Waals surface area contributed by atoms with Gasteiger partial charge in [-0.3, -0.25) is 4.79 Å². The topological polar surface area (TPSA) is 78.9 Å². The average Bonchev–Trinajstić information content (AvgIpc) is 3.03. The molecule has 2 aliphatic heterocycles. The minimum absolute atomic E-state index is 0.0346. The maximum Gasteiger partial charge on any atom is 0.318 e. The largest absolute Gasteiger partial charge is 0.487 e. The molecular weight excluding hydrogens is 470 g/mol. The number of amides is 2. The second-order valence-electron chi connectivity index (χ2n) is 8.56. The molecule has 0 saturated carbocycles. The van der Waals surface area contributed by atoms with Crippen molar-refractivity contribution in [2.24, 2.45) is 0 Å². The number of carboxylic acid groups (broad SMARTS) is 1. The number of nitrogens with zero attached hydrogens (tertiary/aromatic N) is 1. The van der Waals surface area contributed by atoms with Crippen LogP contribution in [0.25, 0.3) is 0 Å². The molecule has 2 amide bonds. The van der Waals surface area contributed by atoms with Gasteiger partial charge in [-0.05, 0) is 54.7 Å². The van der Waals surface area contributed by atoms with Crippen LogP contribution >= 0.6 is 23.2 Å². The van der Waals surface area contributed by atoms with E-state index >= 15 is 0 Å². The van der Waals surface area contributed by atoms with Gasteiger partial charge in [0.1, 0.15) is 6.10 Å². The molecule has 2 saturated heterocycles. The number of urea groups is 1. The first kappa shape index (κ1) is 23.6. The Balaban J connectivity index is 1.33. The molecule has 0 unspecified atom stereocenters. The summed E-state index contributed by atoms with van der Waals surface area (Å²) in [5.41, 5.74) is 1.41. The summed E-state index contributed by atoms with van der Waals surface area (Å²) >= 11 is 12.1. The number of hydrogen-bond acceptors (Lipinski definition) is 3. The SMILES string of the molecule is O=C(O)CCc1ccc(O[C@H]2C[C@H]3CC[C@@H](C2)N3C(=O)NCc2ccc(Cl)cc2Cl)c(F)c1. The first-order chi connectivity index (χ1) is 15.8. The minimum Gasteiger partial charge on any atom is -0.487 e. The molecule has 2 heterocycles. The van der Waals surface area contributed by atoms with Crippen LogP contribution in [0.5, 0.6) is 5.75 Å². The minimum atomic E-state index is -0.918. The number of ether oxygens (including phenoxy) is 1. The van der Waals surface area contributed by atoms with Gasteiger partial charge in [-0.1, -0.05) is 35.3 Å². The number of carbonyl (C=O) groups excluding carboxylic acids is 1. The van der Waals surface area contributed by atoms with Crippen molar-refractivity contribution < 1.29 is 23.8 Å². The summed E-state index contributed by atoms with van der Waals surface area (Å²) in [6.45, 7) is 0.310. The molecular formula is C24H25Cl2FN2O4. The second-order valence-corrected chi connectivity index (χ2v) is 9.40. The fourth-order valence-electron chi connectivity index (χ4n) is 4.71. The van der Waals surface area contributed by atoms with Gasteiger partial charge in [-0.2, -0.15) is 0 Å². The maximum atomic E-state index is 14.5. The first-order valence-corrected chi connectivity index (χ1v) is 11.7. The summed E-state index contributed by atoms with van der Waals surface area (Å²) in [4.78, 5) is 25.5. The molecule has 2 bridgehead atoms. The molecule has 0 aliphatic carbocycles. The monoisotopic (exact) mass is 494 g/mol. The molecule has 2 N–H and O–H groups in total. The second kappa shape index (κ2) is 10.2. The first-order valence-electron chi connectivity index (χ1n) is 11.0. The number of aryl methyl sites for hydroxylation is 1. The van der Waals surface area contributed by atoms with E-state index in [0.29, 0.717) is 35.0 Å². The van der Waals surface area contributed by atoms with Gasteiger partial charge in [0.05, 0.1) is 0 Å². The van der Waals surface area contributed by atoms with E-state index in [9.17, 15) is 14.0 Å². The van der Waals surface area contributed by atoms with Crippen molar-refractivity contribution in [2.75, 3.05) is 0 Å². The Morgan fingerprint density at radius 1 is 1.12 bits per heavy atom. The molecule has 0 spiro atoms. The van der Waals surface area contributed by atoms with Crippen LogP contribution in [0.15, 0.2) is 36.4 Å². The van der Waals surface area contributed by atoms with E-state index in [1.54, 1.807) is 30.3 Å². The molecule has 2 fully saturated rings. The zero-order chi connectivity index (χ0) is 23.5. The fraction of sp³-hybridized carbons (Fsp3) is 0.417. The summed E-state index contributed by atoms with van der Waals surface area (Å²) in [6, 6.07) is 9.69. The third-order valence-electron chi connectivity index (χ3n) is 6.29. The van der Waals surface area contributed by atoms with Crippen molar-refractivity contribution >= 4 is 35.2 Å². The van der Waals surface area contributed by atoms with Crippen molar-refractivity contribution in [1.29, 1.82) is 0 Å². The molecule has 2 aromatic carbocycles. The van der Waals surface area contributed by atoms with Crippen LogP contribution in [0.4, 0.5) is 9.18 Å². The Labute approximate surface area is 201 Å². The van der Waals surface area contributed by atoms with Crippen LogP contribution in [0.1, 0.15) is 43.2 Å². The average molecular weight is 495 g/mol. The van der Waals surface area contributed by atoms with E-state index < -0.39 is 11.8 Å². The number of aliphatic carboxylic acids is 1. The number of nitrogens with one attached hydrogen (secondary N) is 1.